The van der Waals surface area contributed by atoms with Crippen molar-refractivity contribution >= 4 is 28.9 Å². The van der Waals surface area contributed by atoms with Crippen LogP contribution >= 0.6 is 11.6 Å². The van der Waals surface area contributed by atoms with E-state index in [2.05, 4.69) is 5.32 Å². The second-order valence-corrected chi connectivity index (χ2v) is 8.31. The predicted molar refractivity (Wildman–Crippen MR) is 129 cm³/mol. The van der Waals surface area contributed by atoms with Crippen molar-refractivity contribution in [2.45, 2.75) is 12.5 Å². The Kier molecular flexibility index (Phi) is 5.34. The van der Waals surface area contributed by atoms with E-state index in [4.69, 9.17) is 11.6 Å². The monoisotopic (exact) mass is 437 g/mol. The van der Waals surface area contributed by atoms with Crippen LogP contribution in [-0.2, 0) is 0 Å². The molecule has 3 nitrogen and oxygen atoms in total. The summed E-state index contributed by atoms with van der Waals surface area (Å²) in [6.07, 6.45) is 0.275. The molecule has 1 aliphatic carbocycles. The second-order valence-electron chi connectivity index (χ2n) is 7.88. The van der Waals surface area contributed by atoms with Crippen molar-refractivity contribution in [2.24, 2.45) is 0 Å². The van der Waals surface area contributed by atoms with Crippen LogP contribution in [-0.4, -0.2) is 11.6 Å². The summed E-state index contributed by atoms with van der Waals surface area (Å²) in [5.41, 5.74) is 5.77. The number of nitrogens with one attached hydrogen (secondary N) is 1. The number of anilines is 1. The van der Waals surface area contributed by atoms with Gasteiger partial charge in [0, 0.05) is 33.8 Å². The van der Waals surface area contributed by atoms with E-state index >= 15 is 0 Å². The highest BCUT2D eigenvalue weighted by atomic mass is 35.5. The maximum atomic E-state index is 13.0. The summed E-state index contributed by atoms with van der Waals surface area (Å²) in [6.45, 7) is 0. The molecule has 0 unspecified atom stereocenters. The topological polar surface area (TPSA) is 46.2 Å². The molecule has 0 saturated heterocycles. The number of fused-ring (bicyclic) bond motifs is 3. The van der Waals surface area contributed by atoms with Crippen LogP contribution in [0.2, 0.25) is 5.02 Å². The van der Waals surface area contributed by atoms with E-state index in [0.29, 0.717) is 16.1 Å². The first-order valence-corrected chi connectivity index (χ1v) is 10.9. The van der Waals surface area contributed by atoms with Gasteiger partial charge < -0.3 is 5.32 Å². The Morgan fingerprint density at radius 3 is 2.16 bits per heavy atom. The van der Waals surface area contributed by atoms with Crippen LogP contribution < -0.4 is 5.32 Å². The summed E-state index contributed by atoms with van der Waals surface area (Å²) in [7, 11) is 0. The standard InChI is InChI=1S/C28H20ClNO2/c29-20-12-10-19(11-13-20)27(31)17-26(18-6-2-1-3-7-18)30-21-14-15-23-22-8-4-5-9-24(22)28(32)25(23)16-21/h1-16,26,30H,17H2/t26-/m0/s1. The molecular weight excluding hydrogens is 418 g/mol. The lowest BCUT2D eigenvalue weighted by atomic mass is 9.97. The van der Waals surface area contributed by atoms with Gasteiger partial charge in [-0.05, 0) is 53.1 Å². The molecule has 1 atom stereocenters. The zero-order valence-corrected chi connectivity index (χ0v) is 18.0. The minimum atomic E-state index is -0.240. The zero-order valence-electron chi connectivity index (χ0n) is 17.2. The molecule has 0 aliphatic heterocycles. The maximum absolute atomic E-state index is 13.0. The molecule has 32 heavy (non-hydrogen) atoms. The summed E-state index contributed by atoms with van der Waals surface area (Å²) in [5.74, 6) is 0.0559. The molecule has 0 heterocycles. The van der Waals surface area contributed by atoms with Crippen LogP contribution in [0.1, 0.15) is 44.3 Å². The fourth-order valence-corrected chi connectivity index (χ4v) is 4.32. The quantitative estimate of drug-likeness (QED) is 0.291. The number of hydrogen-bond acceptors (Lipinski definition) is 3. The third-order valence-electron chi connectivity index (χ3n) is 5.82. The molecule has 4 heteroatoms. The van der Waals surface area contributed by atoms with Crippen molar-refractivity contribution in [1.29, 1.82) is 0 Å². The first-order valence-electron chi connectivity index (χ1n) is 10.5. The molecule has 1 aliphatic rings. The lowest BCUT2D eigenvalue weighted by molar-refractivity contribution is 0.0975. The van der Waals surface area contributed by atoms with Gasteiger partial charge in [0.15, 0.2) is 11.6 Å². The first kappa shape index (κ1) is 20.2. The first-order chi connectivity index (χ1) is 15.6. The van der Waals surface area contributed by atoms with Crippen molar-refractivity contribution < 1.29 is 9.59 Å². The molecule has 0 saturated carbocycles. The fraction of sp³-hybridized carbons (Fsp3) is 0.0714. The molecule has 1 N–H and O–H groups in total. The van der Waals surface area contributed by atoms with Crippen molar-refractivity contribution in [3.8, 4) is 11.1 Å². The van der Waals surface area contributed by atoms with Crippen LogP contribution in [0.5, 0.6) is 0 Å². The van der Waals surface area contributed by atoms with Gasteiger partial charge in [0.25, 0.3) is 0 Å². The van der Waals surface area contributed by atoms with Crippen LogP contribution in [0.3, 0.4) is 0 Å². The Hall–Kier alpha value is -3.69. The summed E-state index contributed by atoms with van der Waals surface area (Å²) in [6, 6.07) is 30.1. The molecule has 0 fully saturated rings. The van der Waals surface area contributed by atoms with E-state index in [-0.39, 0.29) is 24.0 Å². The van der Waals surface area contributed by atoms with E-state index in [1.165, 1.54) is 0 Å². The van der Waals surface area contributed by atoms with Gasteiger partial charge in [0.1, 0.15) is 0 Å². The fourth-order valence-electron chi connectivity index (χ4n) is 4.20. The van der Waals surface area contributed by atoms with Crippen molar-refractivity contribution in [2.75, 3.05) is 5.32 Å². The summed E-state index contributed by atoms with van der Waals surface area (Å²) >= 11 is 5.97. The Morgan fingerprint density at radius 1 is 0.750 bits per heavy atom. The third kappa shape index (κ3) is 3.83. The van der Waals surface area contributed by atoms with E-state index < -0.39 is 0 Å². The lowest BCUT2D eigenvalue weighted by Gasteiger charge is -2.20. The van der Waals surface area contributed by atoms with Gasteiger partial charge in [0.05, 0.1) is 6.04 Å². The van der Waals surface area contributed by atoms with Gasteiger partial charge in [-0.25, -0.2) is 0 Å². The number of hydrogen-bond donors (Lipinski definition) is 1. The molecule has 0 radical (unpaired) electrons. The molecule has 0 amide bonds. The van der Waals surface area contributed by atoms with Crippen molar-refractivity contribution in [1.82, 2.24) is 0 Å². The van der Waals surface area contributed by atoms with Crippen LogP contribution in [0.25, 0.3) is 11.1 Å². The lowest BCUT2D eigenvalue weighted by Crippen LogP contribution is -2.16. The van der Waals surface area contributed by atoms with Gasteiger partial charge in [-0.2, -0.15) is 0 Å². The van der Waals surface area contributed by atoms with Gasteiger partial charge >= 0.3 is 0 Å². The number of halogens is 1. The SMILES string of the molecule is O=C(C[C@H](Nc1ccc2c(c1)C(=O)c1ccccc1-2)c1ccccc1)c1ccc(Cl)cc1. The highest BCUT2D eigenvalue weighted by Crippen LogP contribution is 2.38. The highest BCUT2D eigenvalue weighted by Gasteiger charge is 2.27. The molecule has 0 spiro atoms. The number of benzene rings is 4. The number of carbonyl (C=O) groups excluding carboxylic acids is 2. The maximum Gasteiger partial charge on any atom is 0.194 e. The minimum absolute atomic E-state index is 0.0210. The average Bonchev–Trinajstić information content (AvgIpc) is 3.11. The van der Waals surface area contributed by atoms with Crippen LogP contribution in [0.4, 0.5) is 5.69 Å². The number of rotatable bonds is 6. The van der Waals surface area contributed by atoms with Crippen molar-refractivity contribution in [3.05, 3.63) is 124 Å². The number of carbonyl (C=O) groups is 2. The Balaban J connectivity index is 1.44. The van der Waals surface area contributed by atoms with Crippen LogP contribution in [0, 0.1) is 0 Å². The molecule has 4 aromatic carbocycles. The second kappa shape index (κ2) is 8.45. The van der Waals surface area contributed by atoms with E-state index in [0.717, 1.165) is 27.9 Å². The van der Waals surface area contributed by atoms with Gasteiger partial charge in [-0.15, -0.1) is 0 Å². The summed E-state index contributed by atoms with van der Waals surface area (Å²) < 4.78 is 0. The van der Waals surface area contributed by atoms with Crippen molar-refractivity contribution in [3.63, 3.8) is 0 Å². The Labute approximate surface area is 191 Å². The van der Waals surface area contributed by atoms with E-state index in [9.17, 15) is 9.59 Å². The predicted octanol–water partition coefficient (Wildman–Crippen LogP) is 6.98. The normalized spacial score (nSPS) is 12.7. The third-order valence-corrected chi connectivity index (χ3v) is 6.08. The number of ketones is 2. The largest absolute Gasteiger partial charge is 0.378 e. The summed E-state index contributed by atoms with van der Waals surface area (Å²) in [5, 5.41) is 4.09. The molecule has 0 bridgehead atoms. The number of Topliss-reactive ketones (excluding diaryl/α,β-unsaturated/α-hetero) is 1. The Morgan fingerprint density at radius 2 is 1.41 bits per heavy atom. The van der Waals surface area contributed by atoms with Gasteiger partial charge in [0.2, 0.25) is 0 Å². The molecular formula is C28H20ClNO2. The van der Waals surface area contributed by atoms with Gasteiger partial charge in [-0.1, -0.05) is 72.3 Å². The summed E-state index contributed by atoms with van der Waals surface area (Å²) in [4.78, 5) is 25.9. The van der Waals surface area contributed by atoms with Gasteiger partial charge in [-0.3, -0.25) is 9.59 Å². The minimum Gasteiger partial charge on any atom is -0.378 e. The molecule has 4 aromatic rings. The average molecular weight is 438 g/mol. The smallest absolute Gasteiger partial charge is 0.194 e. The molecule has 0 aromatic heterocycles. The van der Waals surface area contributed by atoms with Crippen LogP contribution in [0.15, 0.2) is 97.1 Å². The molecule has 5 rings (SSSR count). The van der Waals surface area contributed by atoms with E-state index in [1.807, 2.05) is 72.8 Å². The van der Waals surface area contributed by atoms with E-state index in [1.54, 1.807) is 24.3 Å². The highest BCUT2D eigenvalue weighted by molar-refractivity contribution is 6.30. The molecule has 156 valence electrons. The zero-order chi connectivity index (χ0) is 22.1. The Bertz CT molecular complexity index is 1310.